The van der Waals surface area contributed by atoms with E-state index in [1.807, 2.05) is 42.5 Å². The van der Waals surface area contributed by atoms with Gasteiger partial charge in [0.15, 0.2) is 0 Å². The van der Waals surface area contributed by atoms with Crippen molar-refractivity contribution in [3.8, 4) is 11.5 Å². The Bertz CT molecular complexity index is 629. The van der Waals surface area contributed by atoms with Crippen LogP contribution in [0.3, 0.4) is 0 Å². The molecular weight excluding hydrogens is 292 g/mol. The van der Waals surface area contributed by atoms with Gasteiger partial charge in [0.05, 0.1) is 14.2 Å². The quantitative estimate of drug-likeness (QED) is 0.826. The van der Waals surface area contributed by atoms with Gasteiger partial charge in [-0.2, -0.15) is 0 Å². The normalized spacial score (nSPS) is 10.0. The van der Waals surface area contributed by atoms with Gasteiger partial charge in [-0.1, -0.05) is 30.3 Å². The summed E-state index contributed by atoms with van der Waals surface area (Å²) >= 11 is 0. The van der Waals surface area contributed by atoms with Gasteiger partial charge in [0.2, 0.25) is 0 Å². The highest BCUT2D eigenvalue weighted by Crippen LogP contribution is 2.24. The van der Waals surface area contributed by atoms with Crippen molar-refractivity contribution in [3.05, 3.63) is 59.7 Å². The summed E-state index contributed by atoms with van der Waals surface area (Å²) in [5, 5.41) is 5.67. The molecule has 5 heteroatoms. The van der Waals surface area contributed by atoms with Gasteiger partial charge in [0.25, 0.3) is 0 Å². The first kappa shape index (κ1) is 16.7. The van der Waals surface area contributed by atoms with Crippen molar-refractivity contribution < 1.29 is 14.3 Å². The number of hydrogen-bond donors (Lipinski definition) is 2. The van der Waals surface area contributed by atoms with Crippen LogP contribution >= 0.6 is 0 Å². The summed E-state index contributed by atoms with van der Waals surface area (Å²) in [6.07, 6.45) is 0.806. The van der Waals surface area contributed by atoms with Crippen molar-refractivity contribution in [2.24, 2.45) is 0 Å². The molecule has 0 spiro atoms. The summed E-state index contributed by atoms with van der Waals surface area (Å²) < 4.78 is 10.5. The van der Waals surface area contributed by atoms with E-state index in [9.17, 15) is 4.79 Å². The second-order valence-corrected chi connectivity index (χ2v) is 5.02. The number of nitrogens with one attached hydrogen (secondary N) is 2. The number of carbonyl (C=O) groups is 1. The Morgan fingerprint density at radius 2 is 1.78 bits per heavy atom. The van der Waals surface area contributed by atoms with E-state index in [0.717, 1.165) is 17.7 Å². The highest BCUT2D eigenvalue weighted by molar-refractivity contribution is 5.73. The van der Waals surface area contributed by atoms with E-state index in [1.54, 1.807) is 20.3 Å². The Balaban J connectivity index is 1.78. The topological polar surface area (TPSA) is 59.6 Å². The molecule has 0 bridgehead atoms. The van der Waals surface area contributed by atoms with Gasteiger partial charge in [-0.05, 0) is 24.1 Å². The zero-order chi connectivity index (χ0) is 16.5. The lowest BCUT2D eigenvalue weighted by Crippen LogP contribution is -2.36. The fraction of sp³-hybridized carbons (Fsp3) is 0.278. The van der Waals surface area contributed by atoms with Crippen LogP contribution < -0.4 is 20.1 Å². The van der Waals surface area contributed by atoms with Crippen LogP contribution in [0.25, 0.3) is 0 Å². The average Bonchev–Trinajstić information content (AvgIpc) is 2.60. The van der Waals surface area contributed by atoms with E-state index < -0.39 is 0 Å². The number of ether oxygens (including phenoxy) is 2. The number of benzene rings is 2. The number of hydrogen-bond acceptors (Lipinski definition) is 3. The van der Waals surface area contributed by atoms with E-state index in [1.165, 1.54) is 5.56 Å². The van der Waals surface area contributed by atoms with Crippen LogP contribution in [0.15, 0.2) is 48.5 Å². The van der Waals surface area contributed by atoms with E-state index in [4.69, 9.17) is 9.47 Å². The number of urea groups is 1. The van der Waals surface area contributed by atoms with Gasteiger partial charge in [0.1, 0.15) is 11.5 Å². The molecule has 0 aliphatic heterocycles. The minimum atomic E-state index is -0.196. The standard InChI is InChI=1S/C18H22N2O3/c1-22-16-9-8-15(17(12-16)23-2)13-20-18(21)19-11-10-14-6-4-3-5-7-14/h3-9,12H,10-11,13H2,1-2H3,(H2,19,20,21). The second kappa shape index (κ2) is 8.68. The molecule has 0 saturated heterocycles. The van der Waals surface area contributed by atoms with Crippen molar-refractivity contribution in [2.75, 3.05) is 20.8 Å². The first-order valence-electron chi connectivity index (χ1n) is 7.49. The van der Waals surface area contributed by atoms with E-state index >= 15 is 0 Å². The average molecular weight is 314 g/mol. The number of carbonyl (C=O) groups excluding carboxylic acids is 1. The third kappa shape index (κ3) is 5.21. The molecule has 0 fully saturated rings. The highest BCUT2D eigenvalue weighted by Gasteiger charge is 2.07. The lowest BCUT2D eigenvalue weighted by Gasteiger charge is -2.12. The lowest BCUT2D eigenvalue weighted by atomic mass is 10.1. The molecule has 0 saturated carbocycles. The molecule has 0 radical (unpaired) electrons. The van der Waals surface area contributed by atoms with Gasteiger partial charge in [-0.15, -0.1) is 0 Å². The first-order valence-corrected chi connectivity index (χ1v) is 7.49. The van der Waals surface area contributed by atoms with Crippen LogP contribution in [-0.4, -0.2) is 26.8 Å². The molecule has 0 heterocycles. The fourth-order valence-corrected chi connectivity index (χ4v) is 2.20. The van der Waals surface area contributed by atoms with Gasteiger partial charge in [-0.3, -0.25) is 0 Å². The zero-order valence-electron chi connectivity index (χ0n) is 13.5. The molecule has 0 aromatic heterocycles. The van der Waals surface area contributed by atoms with Gasteiger partial charge in [-0.25, -0.2) is 4.79 Å². The molecule has 2 aromatic rings. The summed E-state index contributed by atoms with van der Waals surface area (Å²) in [5.74, 6) is 1.41. The van der Waals surface area contributed by atoms with Crippen LogP contribution in [-0.2, 0) is 13.0 Å². The van der Waals surface area contributed by atoms with Crippen molar-refractivity contribution in [3.63, 3.8) is 0 Å². The molecule has 0 unspecified atom stereocenters. The number of amides is 2. The lowest BCUT2D eigenvalue weighted by molar-refractivity contribution is 0.240. The minimum Gasteiger partial charge on any atom is -0.497 e. The highest BCUT2D eigenvalue weighted by atomic mass is 16.5. The number of methoxy groups -OCH3 is 2. The fourth-order valence-electron chi connectivity index (χ4n) is 2.20. The maximum Gasteiger partial charge on any atom is 0.315 e. The summed E-state index contributed by atoms with van der Waals surface area (Å²) in [6.45, 7) is 0.986. The maximum absolute atomic E-state index is 11.8. The monoisotopic (exact) mass is 314 g/mol. The number of rotatable bonds is 7. The molecular formula is C18H22N2O3. The van der Waals surface area contributed by atoms with Crippen LogP contribution in [0.5, 0.6) is 11.5 Å². The molecule has 2 amide bonds. The molecule has 5 nitrogen and oxygen atoms in total. The molecule has 0 aliphatic carbocycles. The molecule has 23 heavy (non-hydrogen) atoms. The third-order valence-electron chi connectivity index (χ3n) is 3.48. The Labute approximate surface area is 136 Å². The molecule has 2 N–H and O–H groups in total. The van der Waals surface area contributed by atoms with Gasteiger partial charge in [0, 0.05) is 24.7 Å². The summed E-state index contributed by atoms with van der Waals surface area (Å²) in [4.78, 5) is 11.8. The van der Waals surface area contributed by atoms with Crippen molar-refractivity contribution in [1.29, 1.82) is 0 Å². The Morgan fingerprint density at radius 1 is 1.00 bits per heavy atom. The Morgan fingerprint density at radius 3 is 2.48 bits per heavy atom. The van der Waals surface area contributed by atoms with Crippen LogP contribution in [0, 0.1) is 0 Å². The SMILES string of the molecule is COc1ccc(CNC(=O)NCCc2ccccc2)c(OC)c1. The van der Waals surface area contributed by atoms with E-state index in [0.29, 0.717) is 18.8 Å². The Hall–Kier alpha value is -2.69. The van der Waals surface area contributed by atoms with Crippen molar-refractivity contribution in [1.82, 2.24) is 10.6 Å². The van der Waals surface area contributed by atoms with E-state index in [-0.39, 0.29) is 6.03 Å². The van der Waals surface area contributed by atoms with Crippen LogP contribution in [0.2, 0.25) is 0 Å². The predicted molar refractivity (Wildman–Crippen MR) is 89.9 cm³/mol. The van der Waals surface area contributed by atoms with Crippen LogP contribution in [0.4, 0.5) is 4.79 Å². The smallest absolute Gasteiger partial charge is 0.315 e. The first-order chi connectivity index (χ1) is 11.2. The molecule has 2 rings (SSSR count). The van der Waals surface area contributed by atoms with Gasteiger partial charge >= 0.3 is 6.03 Å². The molecule has 0 atom stereocenters. The van der Waals surface area contributed by atoms with Gasteiger partial charge < -0.3 is 20.1 Å². The predicted octanol–water partition coefficient (Wildman–Crippen LogP) is 2.75. The largest absolute Gasteiger partial charge is 0.497 e. The van der Waals surface area contributed by atoms with Crippen LogP contribution in [0.1, 0.15) is 11.1 Å². The maximum atomic E-state index is 11.8. The molecule has 2 aromatic carbocycles. The summed E-state index contributed by atoms with van der Waals surface area (Å²) in [6, 6.07) is 15.4. The molecule has 0 aliphatic rings. The minimum absolute atomic E-state index is 0.196. The van der Waals surface area contributed by atoms with Crippen molar-refractivity contribution in [2.45, 2.75) is 13.0 Å². The Kier molecular flexibility index (Phi) is 6.29. The zero-order valence-corrected chi connectivity index (χ0v) is 13.5. The van der Waals surface area contributed by atoms with E-state index in [2.05, 4.69) is 10.6 Å². The second-order valence-electron chi connectivity index (χ2n) is 5.02. The summed E-state index contributed by atoms with van der Waals surface area (Å²) in [7, 11) is 3.20. The third-order valence-corrected chi connectivity index (χ3v) is 3.48. The molecule has 122 valence electrons. The summed E-state index contributed by atoms with van der Waals surface area (Å²) in [5.41, 5.74) is 2.09. The van der Waals surface area contributed by atoms with Crippen molar-refractivity contribution >= 4 is 6.03 Å².